The van der Waals surface area contributed by atoms with Crippen LogP contribution >= 0.6 is 23.2 Å². The number of hydrogen-bond donors (Lipinski definition) is 3. The van der Waals surface area contributed by atoms with Gasteiger partial charge in [-0.2, -0.15) is 0 Å². The van der Waals surface area contributed by atoms with Gasteiger partial charge in [-0.25, -0.2) is 14.8 Å². The van der Waals surface area contributed by atoms with E-state index in [1.165, 1.54) is 6.20 Å². The van der Waals surface area contributed by atoms with Gasteiger partial charge >= 0.3 is 5.69 Å². The van der Waals surface area contributed by atoms with Gasteiger partial charge in [-0.1, -0.05) is 11.6 Å². The van der Waals surface area contributed by atoms with Crippen molar-refractivity contribution in [2.45, 2.75) is 64.8 Å². The summed E-state index contributed by atoms with van der Waals surface area (Å²) in [5.41, 5.74) is 6.73. The molecular formula is C21H27Cl2N5O3. The molecule has 10 heteroatoms. The number of anilines is 1. The summed E-state index contributed by atoms with van der Waals surface area (Å²) in [5.74, 6) is 0. The van der Waals surface area contributed by atoms with Crippen molar-refractivity contribution in [3.8, 4) is 11.3 Å². The Kier molecular flexibility index (Phi) is 6.40. The lowest BCUT2D eigenvalue weighted by Crippen LogP contribution is -2.30. The first kappa shape index (κ1) is 23.5. The Labute approximate surface area is 190 Å². The van der Waals surface area contributed by atoms with Crippen LogP contribution in [0.1, 0.15) is 40.5 Å². The second-order valence-electron chi connectivity index (χ2n) is 8.94. The molecule has 0 spiro atoms. The number of nitrogens with two attached hydrogens (primary N) is 1. The predicted octanol–water partition coefficient (Wildman–Crippen LogP) is 3.47. The quantitative estimate of drug-likeness (QED) is 0.361. The van der Waals surface area contributed by atoms with Gasteiger partial charge in [0.05, 0.1) is 44.8 Å². The molecule has 0 saturated carbocycles. The highest BCUT2D eigenvalue weighted by molar-refractivity contribution is 6.34. The average molecular weight is 468 g/mol. The minimum atomic E-state index is -0.961. The van der Waals surface area contributed by atoms with E-state index >= 15 is 0 Å². The Morgan fingerprint density at radius 3 is 2.19 bits per heavy atom. The molecule has 0 fully saturated rings. The van der Waals surface area contributed by atoms with Crippen molar-refractivity contribution in [1.82, 2.24) is 19.1 Å². The third kappa shape index (κ3) is 5.20. The molecule has 2 aromatic heterocycles. The zero-order chi connectivity index (χ0) is 23.1. The summed E-state index contributed by atoms with van der Waals surface area (Å²) in [4.78, 5) is 21.3. The fourth-order valence-electron chi connectivity index (χ4n) is 3.38. The lowest BCUT2D eigenvalue weighted by Gasteiger charge is -2.17. The first-order chi connectivity index (χ1) is 14.3. The van der Waals surface area contributed by atoms with Crippen molar-refractivity contribution in [3.63, 3.8) is 0 Å². The van der Waals surface area contributed by atoms with Crippen LogP contribution in [0.25, 0.3) is 22.3 Å². The second kappa shape index (κ2) is 8.43. The van der Waals surface area contributed by atoms with Crippen molar-refractivity contribution in [2.75, 3.05) is 5.73 Å². The number of fused-ring (bicyclic) bond motifs is 1. The third-order valence-electron chi connectivity index (χ3n) is 5.08. The fourth-order valence-corrected chi connectivity index (χ4v) is 3.70. The Balaban J connectivity index is 2.24. The van der Waals surface area contributed by atoms with E-state index in [2.05, 4.69) is 9.97 Å². The summed E-state index contributed by atoms with van der Waals surface area (Å²) < 4.78 is 3.14. The zero-order valence-electron chi connectivity index (χ0n) is 18.0. The number of benzene rings is 1. The molecule has 31 heavy (non-hydrogen) atoms. The maximum atomic E-state index is 13.3. The number of aryl methyl sites for hydroxylation is 2. The first-order valence-corrected chi connectivity index (χ1v) is 10.7. The summed E-state index contributed by atoms with van der Waals surface area (Å²) in [6, 6.07) is 3.52. The Bertz CT molecular complexity index is 1170. The normalized spacial score (nSPS) is 12.6. The number of hydrogen-bond acceptors (Lipinski definition) is 6. The second-order valence-corrected chi connectivity index (χ2v) is 9.69. The fraction of sp³-hybridized carbons (Fsp3) is 0.476. The lowest BCUT2D eigenvalue weighted by molar-refractivity contribution is 0.0653. The van der Waals surface area contributed by atoms with Gasteiger partial charge in [0.1, 0.15) is 0 Å². The van der Waals surface area contributed by atoms with E-state index in [-0.39, 0.29) is 22.5 Å². The maximum absolute atomic E-state index is 13.3. The SMILES string of the molecule is CC(C)(O)CCn1c(=O)n(CCC(C)(C)O)c2c(N)c(-c3nc(Cl)ncc3Cl)ccc21. The molecule has 0 amide bonds. The highest BCUT2D eigenvalue weighted by atomic mass is 35.5. The molecule has 0 unspecified atom stereocenters. The Hall–Kier alpha value is -2.13. The van der Waals surface area contributed by atoms with Crippen molar-refractivity contribution >= 4 is 39.9 Å². The Morgan fingerprint density at radius 2 is 1.61 bits per heavy atom. The molecule has 1 aromatic carbocycles. The van der Waals surface area contributed by atoms with Crippen LogP contribution in [-0.4, -0.2) is 40.5 Å². The number of rotatable bonds is 7. The van der Waals surface area contributed by atoms with Gasteiger partial charge in [-0.05, 0) is 64.3 Å². The molecule has 4 N–H and O–H groups in total. The number of halogens is 2. The van der Waals surface area contributed by atoms with Gasteiger partial charge in [0.25, 0.3) is 0 Å². The average Bonchev–Trinajstić information content (AvgIpc) is 2.91. The molecule has 0 radical (unpaired) electrons. The van der Waals surface area contributed by atoms with Crippen LogP contribution in [0.3, 0.4) is 0 Å². The molecule has 0 bridgehead atoms. The van der Waals surface area contributed by atoms with Crippen LogP contribution < -0.4 is 11.4 Å². The van der Waals surface area contributed by atoms with Crippen molar-refractivity contribution in [1.29, 1.82) is 0 Å². The maximum Gasteiger partial charge on any atom is 0.329 e. The van der Waals surface area contributed by atoms with E-state index in [9.17, 15) is 15.0 Å². The summed E-state index contributed by atoms with van der Waals surface area (Å²) >= 11 is 12.2. The molecule has 0 aliphatic heterocycles. The topological polar surface area (TPSA) is 119 Å². The van der Waals surface area contributed by atoms with Gasteiger partial charge in [0.2, 0.25) is 5.28 Å². The van der Waals surface area contributed by atoms with Gasteiger partial charge in [-0.15, -0.1) is 0 Å². The molecule has 0 saturated heterocycles. The van der Waals surface area contributed by atoms with E-state index in [4.69, 9.17) is 28.9 Å². The molecule has 0 aliphatic rings. The van der Waals surface area contributed by atoms with Gasteiger partial charge in [0.15, 0.2) is 0 Å². The predicted molar refractivity (Wildman–Crippen MR) is 123 cm³/mol. The lowest BCUT2D eigenvalue weighted by atomic mass is 10.0. The molecular weight excluding hydrogens is 441 g/mol. The van der Waals surface area contributed by atoms with Gasteiger partial charge in [0, 0.05) is 18.7 Å². The van der Waals surface area contributed by atoms with Crippen molar-refractivity contribution < 1.29 is 10.2 Å². The number of nitrogens with zero attached hydrogens (tertiary/aromatic N) is 4. The van der Waals surface area contributed by atoms with E-state index in [0.717, 1.165) is 0 Å². The molecule has 2 heterocycles. The molecule has 8 nitrogen and oxygen atoms in total. The Morgan fingerprint density at radius 1 is 1.03 bits per heavy atom. The van der Waals surface area contributed by atoms with E-state index in [1.807, 2.05) is 0 Å². The van der Waals surface area contributed by atoms with Crippen LogP contribution in [0.4, 0.5) is 5.69 Å². The highest BCUT2D eigenvalue weighted by Crippen LogP contribution is 2.35. The van der Waals surface area contributed by atoms with Crippen LogP contribution in [0, 0.1) is 0 Å². The summed E-state index contributed by atoms with van der Waals surface area (Å²) in [5, 5.41) is 20.6. The van der Waals surface area contributed by atoms with Gasteiger partial charge in [-0.3, -0.25) is 9.13 Å². The smallest absolute Gasteiger partial charge is 0.329 e. The molecule has 0 aliphatic carbocycles. The highest BCUT2D eigenvalue weighted by Gasteiger charge is 2.23. The number of aromatic nitrogens is 4. The minimum Gasteiger partial charge on any atom is -0.396 e. The molecule has 3 rings (SSSR count). The molecule has 168 valence electrons. The van der Waals surface area contributed by atoms with Crippen LogP contribution in [0.5, 0.6) is 0 Å². The summed E-state index contributed by atoms with van der Waals surface area (Å²) in [7, 11) is 0. The van der Waals surface area contributed by atoms with E-state index < -0.39 is 11.2 Å². The van der Waals surface area contributed by atoms with Crippen molar-refractivity contribution in [2.24, 2.45) is 0 Å². The summed E-state index contributed by atoms with van der Waals surface area (Å²) in [6.45, 7) is 7.33. The van der Waals surface area contributed by atoms with Crippen molar-refractivity contribution in [3.05, 3.63) is 39.1 Å². The van der Waals surface area contributed by atoms with E-state index in [1.54, 1.807) is 49.0 Å². The number of imidazole rings is 1. The van der Waals surface area contributed by atoms with Crippen LogP contribution in [0.2, 0.25) is 10.3 Å². The molecule has 0 atom stereocenters. The largest absolute Gasteiger partial charge is 0.396 e. The van der Waals surface area contributed by atoms with Crippen LogP contribution in [-0.2, 0) is 13.1 Å². The minimum absolute atomic E-state index is 0.0288. The standard InChI is InChI=1S/C21H27Cl2N5O3/c1-20(2,30)7-9-27-14-6-5-12(16-13(22)11-25-18(23)26-16)15(24)17(14)28(19(27)29)10-8-21(3,4)31/h5-6,11,30-31H,7-10,24H2,1-4H3. The number of nitrogen functional groups attached to an aromatic ring is 1. The monoisotopic (exact) mass is 467 g/mol. The third-order valence-corrected chi connectivity index (χ3v) is 5.54. The first-order valence-electron chi connectivity index (χ1n) is 9.93. The van der Waals surface area contributed by atoms with Crippen LogP contribution in [0.15, 0.2) is 23.1 Å². The van der Waals surface area contributed by atoms with E-state index in [0.29, 0.717) is 47.4 Å². The van der Waals surface area contributed by atoms with Gasteiger partial charge < -0.3 is 15.9 Å². The number of aliphatic hydroxyl groups is 2. The molecule has 3 aromatic rings. The summed E-state index contributed by atoms with van der Waals surface area (Å²) in [6.07, 6.45) is 2.12. The zero-order valence-corrected chi connectivity index (χ0v) is 19.5.